The van der Waals surface area contributed by atoms with Crippen LogP contribution in [-0.2, 0) is 6.54 Å². The number of likely N-dealkylation sites (tertiary alicyclic amines) is 1. The van der Waals surface area contributed by atoms with Crippen LogP contribution in [0, 0.1) is 13.8 Å². The van der Waals surface area contributed by atoms with E-state index in [9.17, 15) is 5.11 Å². The molecular formula is C20H32N2O. The van der Waals surface area contributed by atoms with Crippen LogP contribution in [0.5, 0.6) is 0 Å². The second kappa shape index (κ2) is 7.78. The molecule has 1 saturated carbocycles. The van der Waals surface area contributed by atoms with Crippen LogP contribution in [0.4, 0.5) is 0 Å². The van der Waals surface area contributed by atoms with Gasteiger partial charge in [-0.15, -0.1) is 0 Å². The normalized spacial score (nSPS) is 27.3. The molecule has 1 saturated heterocycles. The lowest BCUT2D eigenvalue weighted by Gasteiger charge is -2.41. The van der Waals surface area contributed by atoms with Gasteiger partial charge in [-0.2, -0.15) is 0 Å². The van der Waals surface area contributed by atoms with Crippen LogP contribution in [0.3, 0.4) is 0 Å². The van der Waals surface area contributed by atoms with Gasteiger partial charge in [-0.1, -0.05) is 36.6 Å². The Morgan fingerprint density at radius 1 is 1.09 bits per heavy atom. The van der Waals surface area contributed by atoms with Crippen molar-refractivity contribution in [2.45, 2.75) is 77.1 Å². The molecule has 128 valence electrons. The SMILES string of the molecule is Cc1ccc(CNC2CCN(C3CCCCC3O)CC2)c(C)c1. The minimum atomic E-state index is -0.0940. The standard InChI is InChI=1S/C20H32N2O/c1-15-7-8-17(16(2)13-15)14-21-18-9-11-22(12-10-18)19-5-3-4-6-20(19)23/h7-8,13,18-21,23H,3-6,9-12,14H2,1-2H3. The van der Waals surface area contributed by atoms with Gasteiger partial charge in [0, 0.05) is 31.7 Å². The van der Waals surface area contributed by atoms with Crippen molar-refractivity contribution in [2.24, 2.45) is 0 Å². The van der Waals surface area contributed by atoms with E-state index in [1.165, 1.54) is 48.8 Å². The molecule has 1 aliphatic carbocycles. The van der Waals surface area contributed by atoms with Crippen molar-refractivity contribution in [3.05, 3.63) is 34.9 Å². The zero-order valence-electron chi connectivity index (χ0n) is 14.7. The smallest absolute Gasteiger partial charge is 0.0695 e. The molecule has 0 bridgehead atoms. The predicted molar refractivity (Wildman–Crippen MR) is 95.6 cm³/mol. The number of aliphatic hydroxyl groups excluding tert-OH is 1. The Bertz CT molecular complexity index is 508. The molecule has 3 nitrogen and oxygen atoms in total. The van der Waals surface area contributed by atoms with Crippen molar-refractivity contribution < 1.29 is 5.11 Å². The molecule has 1 heterocycles. The van der Waals surface area contributed by atoms with Crippen molar-refractivity contribution in [1.29, 1.82) is 0 Å². The number of nitrogens with one attached hydrogen (secondary N) is 1. The van der Waals surface area contributed by atoms with E-state index in [-0.39, 0.29) is 6.10 Å². The fraction of sp³-hybridized carbons (Fsp3) is 0.700. The van der Waals surface area contributed by atoms with Crippen LogP contribution in [-0.4, -0.2) is 41.3 Å². The van der Waals surface area contributed by atoms with Gasteiger partial charge in [0.15, 0.2) is 0 Å². The minimum absolute atomic E-state index is 0.0940. The Morgan fingerprint density at radius 3 is 2.52 bits per heavy atom. The summed E-state index contributed by atoms with van der Waals surface area (Å²) in [5.41, 5.74) is 4.14. The van der Waals surface area contributed by atoms with Crippen LogP contribution in [0.15, 0.2) is 18.2 Å². The van der Waals surface area contributed by atoms with E-state index in [2.05, 4.69) is 42.3 Å². The Labute approximate surface area is 141 Å². The van der Waals surface area contributed by atoms with E-state index in [4.69, 9.17) is 0 Å². The summed E-state index contributed by atoms with van der Waals surface area (Å²) < 4.78 is 0. The summed E-state index contributed by atoms with van der Waals surface area (Å²) in [6.07, 6.45) is 6.97. The molecule has 2 unspecified atom stereocenters. The van der Waals surface area contributed by atoms with Gasteiger partial charge in [0.1, 0.15) is 0 Å². The average molecular weight is 316 g/mol. The first-order valence-electron chi connectivity index (χ1n) is 9.35. The monoisotopic (exact) mass is 316 g/mol. The van der Waals surface area contributed by atoms with Gasteiger partial charge in [-0.05, 0) is 50.7 Å². The molecule has 2 N–H and O–H groups in total. The summed E-state index contributed by atoms with van der Waals surface area (Å²) in [5, 5.41) is 14.0. The Kier molecular flexibility index (Phi) is 5.73. The van der Waals surface area contributed by atoms with Crippen molar-refractivity contribution in [3.63, 3.8) is 0 Å². The molecular weight excluding hydrogens is 284 g/mol. The van der Waals surface area contributed by atoms with Crippen molar-refractivity contribution in [1.82, 2.24) is 10.2 Å². The maximum absolute atomic E-state index is 10.2. The quantitative estimate of drug-likeness (QED) is 0.895. The molecule has 3 heteroatoms. The number of hydrogen-bond acceptors (Lipinski definition) is 3. The van der Waals surface area contributed by atoms with Crippen molar-refractivity contribution in [2.75, 3.05) is 13.1 Å². The van der Waals surface area contributed by atoms with Gasteiger partial charge in [0.25, 0.3) is 0 Å². The summed E-state index contributed by atoms with van der Waals surface area (Å²) >= 11 is 0. The zero-order valence-corrected chi connectivity index (χ0v) is 14.7. The van der Waals surface area contributed by atoms with Crippen molar-refractivity contribution in [3.8, 4) is 0 Å². The van der Waals surface area contributed by atoms with Gasteiger partial charge in [0.05, 0.1) is 6.10 Å². The highest BCUT2D eigenvalue weighted by Gasteiger charge is 2.31. The highest BCUT2D eigenvalue weighted by molar-refractivity contribution is 5.30. The molecule has 0 radical (unpaired) electrons. The first-order chi connectivity index (χ1) is 11.1. The van der Waals surface area contributed by atoms with Crippen molar-refractivity contribution >= 4 is 0 Å². The summed E-state index contributed by atoms with van der Waals surface area (Å²) in [4.78, 5) is 2.54. The molecule has 2 aliphatic rings. The Morgan fingerprint density at radius 2 is 1.83 bits per heavy atom. The van der Waals surface area contributed by atoms with Crippen LogP contribution in [0.2, 0.25) is 0 Å². The molecule has 0 spiro atoms. The van der Waals surface area contributed by atoms with E-state index in [1.54, 1.807) is 0 Å². The first-order valence-corrected chi connectivity index (χ1v) is 9.35. The molecule has 3 rings (SSSR count). The Hall–Kier alpha value is -0.900. The molecule has 23 heavy (non-hydrogen) atoms. The van der Waals surface area contributed by atoms with E-state index in [0.29, 0.717) is 12.1 Å². The molecule has 0 aromatic heterocycles. The predicted octanol–water partition coefficient (Wildman–Crippen LogP) is 3.16. The third kappa shape index (κ3) is 4.34. The third-order valence-electron chi connectivity index (χ3n) is 5.77. The van der Waals surface area contributed by atoms with Gasteiger partial charge < -0.3 is 10.4 Å². The van der Waals surface area contributed by atoms with Gasteiger partial charge in [-0.25, -0.2) is 0 Å². The summed E-state index contributed by atoms with van der Waals surface area (Å²) in [6.45, 7) is 7.60. The molecule has 0 amide bonds. The maximum Gasteiger partial charge on any atom is 0.0695 e. The summed E-state index contributed by atoms with van der Waals surface area (Å²) in [6, 6.07) is 7.77. The molecule has 1 aliphatic heterocycles. The average Bonchev–Trinajstić information content (AvgIpc) is 2.55. The molecule has 2 fully saturated rings. The van der Waals surface area contributed by atoms with Gasteiger partial charge >= 0.3 is 0 Å². The number of nitrogens with zero attached hydrogens (tertiary/aromatic N) is 1. The molecule has 2 atom stereocenters. The highest BCUT2D eigenvalue weighted by Crippen LogP contribution is 2.26. The third-order valence-corrected chi connectivity index (χ3v) is 5.77. The number of hydrogen-bond donors (Lipinski definition) is 2. The van der Waals surface area contributed by atoms with E-state index in [1.807, 2.05) is 0 Å². The minimum Gasteiger partial charge on any atom is -0.391 e. The van der Waals surface area contributed by atoms with Crippen LogP contribution < -0.4 is 5.32 Å². The molecule has 1 aromatic rings. The number of benzene rings is 1. The first kappa shape index (κ1) is 16.9. The lowest BCUT2D eigenvalue weighted by atomic mass is 9.89. The fourth-order valence-electron chi connectivity index (χ4n) is 4.25. The van der Waals surface area contributed by atoms with E-state index in [0.717, 1.165) is 26.1 Å². The number of aliphatic hydroxyl groups is 1. The fourth-order valence-corrected chi connectivity index (χ4v) is 4.25. The van der Waals surface area contributed by atoms with Crippen LogP contribution >= 0.6 is 0 Å². The molecule has 1 aromatic carbocycles. The maximum atomic E-state index is 10.2. The lowest BCUT2D eigenvalue weighted by molar-refractivity contribution is 0.00714. The summed E-state index contributed by atoms with van der Waals surface area (Å²) in [5.74, 6) is 0. The van der Waals surface area contributed by atoms with E-state index < -0.39 is 0 Å². The number of rotatable bonds is 4. The van der Waals surface area contributed by atoms with Crippen LogP contribution in [0.1, 0.15) is 55.2 Å². The second-order valence-electron chi connectivity index (χ2n) is 7.54. The van der Waals surface area contributed by atoms with E-state index >= 15 is 0 Å². The zero-order chi connectivity index (χ0) is 16.2. The second-order valence-corrected chi connectivity index (χ2v) is 7.54. The van der Waals surface area contributed by atoms with Gasteiger partial charge in [-0.3, -0.25) is 4.90 Å². The largest absolute Gasteiger partial charge is 0.391 e. The Balaban J connectivity index is 1.45. The van der Waals surface area contributed by atoms with Crippen LogP contribution in [0.25, 0.3) is 0 Å². The number of aryl methyl sites for hydroxylation is 2. The number of piperidine rings is 1. The lowest BCUT2D eigenvalue weighted by Crippen LogP contribution is -2.51. The highest BCUT2D eigenvalue weighted by atomic mass is 16.3. The topological polar surface area (TPSA) is 35.5 Å². The summed E-state index contributed by atoms with van der Waals surface area (Å²) in [7, 11) is 0. The van der Waals surface area contributed by atoms with Gasteiger partial charge in [0.2, 0.25) is 0 Å².